The van der Waals surface area contributed by atoms with E-state index in [-0.39, 0.29) is 0 Å². The lowest BCUT2D eigenvalue weighted by molar-refractivity contribution is 0.764. The maximum absolute atomic E-state index is 2.44. The first-order chi connectivity index (χ1) is 7.29. The van der Waals surface area contributed by atoms with Gasteiger partial charge in [-0.25, -0.2) is 0 Å². The summed E-state index contributed by atoms with van der Waals surface area (Å²) in [7, 11) is -0.668. The van der Waals surface area contributed by atoms with Gasteiger partial charge >= 0.3 is 0 Å². The molecule has 1 unspecified atom stereocenters. The van der Waals surface area contributed by atoms with Crippen LogP contribution in [0.2, 0.25) is 13.1 Å². The number of rotatable bonds is 3. The molecule has 0 saturated heterocycles. The van der Waals surface area contributed by atoms with Crippen molar-refractivity contribution in [1.82, 2.24) is 0 Å². The van der Waals surface area contributed by atoms with Crippen molar-refractivity contribution in [2.24, 2.45) is 5.92 Å². The van der Waals surface area contributed by atoms with Gasteiger partial charge in [-0.3, -0.25) is 0 Å². The van der Waals surface area contributed by atoms with Gasteiger partial charge in [-0.1, -0.05) is 67.7 Å². The average molecular weight is 214 g/mol. The molecule has 0 radical (unpaired) electrons. The summed E-state index contributed by atoms with van der Waals surface area (Å²) in [6.45, 7) is 4.88. The Kier molecular flexibility index (Phi) is 3.22. The Bertz CT molecular complexity index is 350. The smallest absolute Gasteiger partial charge is 0.0399 e. The molecule has 1 atom stereocenters. The van der Waals surface area contributed by atoms with Gasteiger partial charge in [0, 0.05) is 8.80 Å². The molecule has 0 heterocycles. The molecule has 1 aliphatic rings. The topological polar surface area (TPSA) is 0 Å². The van der Waals surface area contributed by atoms with E-state index in [1.165, 1.54) is 5.56 Å². The van der Waals surface area contributed by atoms with E-state index < -0.39 is 8.80 Å². The fourth-order valence-corrected chi connectivity index (χ4v) is 4.55. The van der Waals surface area contributed by atoms with Crippen LogP contribution in [0.1, 0.15) is 11.1 Å². The van der Waals surface area contributed by atoms with E-state index in [0.29, 0.717) is 5.92 Å². The van der Waals surface area contributed by atoms with Crippen LogP contribution in [0.4, 0.5) is 0 Å². The molecule has 0 aliphatic heterocycles. The zero-order chi connectivity index (χ0) is 10.7. The minimum Gasteiger partial charge on any atom is -0.0773 e. The largest absolute Gasteiger partial charge is 0.0773 e. The second-order valence-corrected chi connectivity index (χ2v) is 7.73. The first-order valence-electron chi connectivity index (χ1n) is 5.69. The van der Waals surface area contributed by atoms with Gasteiger partial charge in [0.1, 0.15) is 0 Å². The SMILES string of the molecule is C[SiH](C)C(c1ccccc1)C1C=CC=C1. The molecule has 0 amide bonds. The summed E-state index contributed by atoms with van der Waals surface area (Å²) in [5.74, 6) is 0.638. The average Bonchev–Trinajstić information content (AvgIpc) is 2.72. The Hall–Kier alpha value is -1.08. The van der Waals surface area contributed by atoms with Crippen molar-refractivity contribution in [3.8, 4) is 0 Å². The van der Waals surface area contributed by atoms with Crippen LogP contribution in [-0.2, 0) is 0 Å². The summed E-state index contributed by atoms with van der Waals surface area (Å²) in [6.07, 6.45) is 9.03. The third-order valence-corrected chi connectivity index (χ3v) is 5.36. The first-order valence-corrected chi connectivity index (χ1v) is 8.66. The molecule has 78 valence electrons. The van der Waals surface area contributed by atoms with Gasteiger partial charge < -0.3 is 0 Å². The van der Waals surface area contributed by atoms with Crippen molar-refractivity contribution in [3.05, 3.63) is 60.2 Å². The quantitative estimate of drug-likeness (QED) is 0.675. The van der Waals surface area contributed by atoms with E-state index in [1.54, 1.807) is 0 Å². The van der Waals surface area contributed by atoms with E-state index in [1.807, 2.05) is 0 Å². The normalized spacial score (nSPS) is 17.5. The fraction of sp³-hybridized carbons (Fsp3) is 0.286. The lowest BCUT2D eigenvalue weighted by Crippen LogP contribution is -2.22. The summed E-state index contributed by atoms with van der Waals surface area (Å²) in [5.41, 5.74) is 2.27. The summed E-state index contributed by atoms with van der Waals surface area (Å²) in [6, 6.07) is 11.0. The molecule has 1 aromatic rings. The minimum atomic E-state index is -0.668. The number of allylic oxidation sites excluding steroid dienone is 4. The van der Waals surface area contributed by atoms with Crippen molar-refractivity contribution in [2.75, 3.05) is 0 Å². The molecular weight excluding hydrogens is 196 g/mol. The zero-order valence-corrected chi connectivity index (χ0v) is 10.6. The predicted molar refractivity (Wildman–Crippen MR) is 69.8 cm³/mol. The lowest BCUT2D eigenvalue weighted by Gasteiger charge is -2.24. The van der Waals surface area contributed by atoms with E-state index >= 15 is 0 Å². The Labute approximate surface area is 93.9 Å². The van der Waals surface area contributed by atoms with Crippen LogP contribution in [0.3, 0.4) is 0 Å². The molecule has 1 aromatic carbocycles. The van der Waals surface area contributed by atoms with E-state index in [4.69, 9.17) is 0 Å². The highest BCUT2D eigenvalue weighted by Crippen LogP contribution is 2.31. The molecule has 1 heteroatoms. The van der Waals surface area contributed by atoms with Gasteiger partial charge in [0.15, 0.2) is 0 Å². The van der Waals surface area contributed by atoms with Gasteiger partial charge in [0.05, 0.1) is 0 Å². The Morgan fingerprint density at radius 3 is 2.13 bits per heavy atom. The highest BCUT2D eigenvalue weighted by molar-refractivity contribution is 6.57. The molecule has 0 fully saturated rings. The lowest BCUT2D eigenvalue weighted by atomic mass is 10.00. The predicted octanol–water partition coefficient (Wildman–Crippen LogP) is 3.54. The number of hydrogen-bond acceptors (Lipinski definition) is 0. The minimum absolute atomic E-state index is 0.638. The van der Waals surface area contributed by atoms with E-state index in [0.717, 1.165) is 5.54 Å². The van der Waals surface area contributed by atoms with Crippen LogP contribution in [0.5, 0.6) is 0 Å². The summed E-state index contributed by atoms with van der Waals surface area (Å²) >= 11 is 0. The van der Waals surface area contributed by atoms with Crippen LogP contribution < -0.4 is 0 Å². The number of benzene rings is 1. The highest BCUT2D eigenvalue weighted by atomic mass is 28.3. The standard InChI is InChI=1S/C14H18Si/c1-15(2)14(13-10-6-7-11-13)12-8-4-3-5-9-12/h3-11,13-15H,1-2H3. The molecular formula is C14H18Si. The Morgan fingerprint density at radius 1 is 1.00 bits per heavy atom. The fourth-order valence-electron chi connectivity index (χ4n) is 2.42. The third-order valence-electron chi connectivity index (χ3n) is 3.10. The van der Waals surface area contributed by atoms with Crippen molar-refractivity contribution < 1.29 is 0 Å². The summed E-state index contributed by atoms with van der Waals surface area (Å²) in [4.78, 5) is 0. The summed E-state index contributed by atoms with van der Waals surface area (Å²) < 4.78 is 0. The maximum atomic E-state index is 2.44. The third kappa shape index (κ3) is 2.29. The second-order valence-electron chi connectivity index (χ2n) is 4.53. The maximum Gasteiger partial charge on any atom is 0.0399 e. The van der Waals surface area contributed by atoms with Gasteiger partial charge in [0.2, 0.25) is 0 Å². The van der Waals surface area contributed by atoms with Crippen molar-refractivity contribution in [2.45, 2.75) is 18.6 Å². The van der Waals surface area contributed by atoms with Crippen molar-refractivity contribution >= 4 is 8.80 Å². The molecule has 2 rings (SSSR count). The van der Waals surface area contributed by atoms with Crippen LogP contribution >= 0.6 is 0 Å². The van der Waals surface area contributed by atoms with Crippen LogP contribution in [-0.4, -0.2) is 8.80 Å². The molecule has 0 saturated carbocycles. The van der Waals surface area contributed by atoms with Crippen LogP contribution in [0, 0.1) is 5.92 Å². The Morgan fingerprint density at radius 2 is 1.60 bits per heavy atom. The molecule has 0 aromatic heterocycles. The highest BCUT2D eigenvalue weighted by Gasteiger charge is 2.23. The number of hydrogen-bond donors (Lipinski definition) is 0. The van der Waals surface area contributed by atoms with Crippen molar-refractivity contribution in [3.63, 3.8) is 0 Å². The molecule has 1 aliphatic carbocycles. The van der Waals surface area contributed by atoms with Gasteiger partial charge in [-0.2, -0.15) is 0 Å². The van der Waals surface area contributed by atoms with Gasteiger partial charge in [-0.15, -0.1) is 0 Å². The van der Waals surface area contributed by atoms with Crippen molar-refractivity contribution in [1.29, 1.82) is 0 Å². The molecule has 0 nitrogen and oxygen atoms in total. The van der Waals surface area contributed by atoms with Crippen LogP contribution in [0.15, 0.2) is 54.6 Å². The van der Waals surface area contributed by atoms with Gasteiger partial charge in [0.25, 0.3) is 0 Å². The summed E-state index contributed by atoms with van der Waals surface area (Å²) in [5, 5.41) is 0. The Balaban J connectivity index is 2.28. The monoisotopic (exact) mass is 214 g/mol. The van der Waals surface area contributed by atoms with Gasteiger partial charge in [-0.05, 0) is 17.0 Å². The molecule has 0 N–H and O–H groups in total. The van der Waals surface area contributed by atoms with E-state index in [2.05, 4.69) is 67.7 Å². The molecule has 15 heavy (non-hydrogen) atoms. The van der Waals surface area contributed by atoms with E-state index in [9.17, 15) is 0 Å². The molecule has 0 bridgehead atoms. The zero-order valence-electron chi connectivity index (χ0n) is 9.43. The second kappa shape index (κ2) is 4.62. The molecule has 0 spiro atoms. The van der Waals surface area contributed by atoms with Crippen LogP contribution in [0.25, 0.3) is 0 Å². The first kappa shape index (κ1) is 10.4.